The molecule has 1 atom stereocenters. The number of hydrogen-bond donors (Lipinski definition) is 1. The van der Waals surface area contributed by atoms with Crippen LogP contribution in [0, 0.1) is 13.8 Å². The lowest BCUT2D eigenvalue weighted by Crippen LogP contribution is -2.48. The number of anilines is 1. The summed E-state index contributed by atoms with van der Waals surface area (Å²) in [6.07, 6.45) is 2.35. The Morgan fingerprint density at radius 1 is 1.05 bits per heavy atom. The summed E-state index contributed by atoms with van der Waals surface area (Å²) >= 11 is 1.71. The number of rotatable bonds is 8. The zero-order valence-corrected chi connectivity index (χ0v) is 22.4. The normalized spacial score (nSPS) is 14.6. The van der Waals surface area contributed by atoms with Gasteiger partial charge < -0.3 is 24.3 Å². The highest BCUT2D eigenvalue weighted by molar-refractivity contribution is 7.10. The molecule has 2 aromatic heterocycles. The number of benzene rings is 2. The van der Waals surface area contributed by atoms with Crippen LogP contribution in [0.1, 0.15) is 33.4 Å². The van der Waals surface area contributed by atoms with E-state index in [4.69, 9.17) is 9.15 Å². The molecule has 0 radical (unpaired) electrons. The van der Waals surface area contributed by atoms with E-state index in [1.54, 1.807) is 29.7 Å². The molecule has 0 saturated carbocycles. The van der Waals surface area contributed by atoms with Gasteiger partial charge in [-0.15, -0.1) is 11.3 Å². The van der Waals surface area contributed by atoms with Crippen molar-refractivity contribution < 1.29 is 18.7 Å². The van der Waals surface area contributed by atoms with Gasteiger partial charge in [0.05, 0.1) is 18.8 Å². The first-order chi connectivity index (χ1) is 18.5. The average Bonchev–Trinajstić information content (AvgIpc) is 3.61. The SMILES string of the molecule is Cc1ccc(NC(=O)N(CC(=O)N2CCc3sccc3[C@H]2COc2ccc(C)cc2)Cc2ccco2)cc1. The molecule has 0 aliphatic carbocycles. The van der Waals surface area contributed by atoms with Crippen LogP contribution in [0.25, 0.3) is 0 Å². The van der Waals surface area contributed by atoms with Crippen molar-refractivity contribution in [2.24, 2.45) is 0 Å². The molecule has 1 aliphatic heterocycles. The topological polar surface area (TPSA) is 75.0 Å². The summed E-state index contributed by atoms with van der Waals surface area (Å²) < 4.78 is 11.6. The molecule has 2 aromatic carbocycles. The Morgan fingerprint density at radius 2 is 1.79 bits per heavy atom. The molecule has 38 heavy (non-hydrogen) atoms. The number of nitrogens with one attached hydrogen (secondary N) is 1. The van der Waals surface area contributed by atoms with E-state index in [-0.39, 0.29) is 31.1 Å². The molecule has 0 spiro atoms. The van der Waals surface area contributed by atoms with Crippen LogP contribution < -0.4 is 10.1 Å². The minimum atomic E-state index is -0.362. The van der Waals surface area contributed by atoms with Gasteiger partial charge in [0.1, 0.15) is 24.7 Å². The van der Waals surface area contributed by atoms with Crippen LogP contribution in [0.5, 0.6) is 5.75 Å². The van der Waals surface area contributed by atoms with E-state index < -0.39 is 0 Å². The second kappa shape index (κ2) is 11.6. The Labute approximate surface area is 226 Å². The van der Waals surface area contributed by atoms with E-state index in [2.05, 4.69) is 16.8 Å². The predicted molar refractivity (Wildman–Crippen MR) is 148 cm³/mol. The number of carbonyl (C=O) groups is 2. The molecule has 7 nitrogen and oxygen atoms in total. The van der Waals surface area contributed by atoms with Crippen LogP contribution in [-0.2, 0) is 17.8 Å². The number of carbonyl (C=O) groups excluding carboxylic acids is 2. The molecular weight excluding hydrogens is 498 g/mol. The number of nitrogens with zero attached hydrogens (tertiary/aromatic N) is 2. The van der Waals surface area contributed by atoms with Gasteiger partial charge in [-0.3, -0.25) is 4.79 Å². The maximum absolute atomic E-state index is 13.8. The molecule has 196 valence electrons. The van der Waals surface area contributed by atoms with Gasteiger partial charge in [-0.05, 0) is 73.7 Å². The van der Waals surface area contributed by atoms with Crippen LogP contribution in [0.15, 0.2) is 82.8 Å². The van der Waals surface area contributed by atoms with Gasteiger partial charge in [0, 0.05) is 17.1 Å². The molecule has 5 rings (SSSR count). The van der Waals surface area contributed by atoms with Crippen molar-refractivity contribution in [1.82, 2.24) is 9.80 Å². The van der Waals surface area contributed by atoms with Gasteiger partial charge >= 0.3 is 6.03 Å². The number of ether oxygens (including phenoxy) is 1. The van der Waals surface area contributed by atoms with Gasteiger partial charge in [0.25, 0.3) is 0 Å². The third kappa shape index (κ3) is 6.08. The first kappa shape index (κ1) is 25.6. The number of amides is 3. The zero-order chi connectivity index (χ0) is 26.5. The van der Waals surface area contributed by atoms with Crippen molar-refractivity contribution in [1.29, 1.82) is 0 Å². The van der Waals surface area contributed by atoms with Crippen molar-refractivity contribution in [2.45, 2.75) is 32.9 Å². The van der Waals surface area contributed by atoms with Crippen molar-refractivity contribution in [3.8, 4) is 5.75 Å². The second-order valence-electron chi connectivity index (χ2n) is 9.51. The molecule has 0 bridgehead atoms. The number of furan rings is 1. The van der Waals surface area contributed by atoms with E-state index in [0.717, 1.165) is 28.9 Å². The smallest absolute Gasteiger partial charge is 0.322 e. The Hall–Kier alpha value is -4.04. The fourth-order valence-electron chi connectivity index (χ4n) is 4.57. The molecule has 0 saturated heterocycles. The van der Waals surface area contributed by atoms with E-state index in [9.17, 15) is 9.59 Å². The Kier molecular flexibility index (Phi) is 7.79. The van der Waals surface area contributed by atoms with Gasteiger partial charge in [-0.2, -0.15) is 0 Å². The largest absolute Gasteiger partial charge is 0.491 e. The summed E-state index contributed by atoms with van der Waals surface area (Å²) in [7, 11) is 0. The molecular formula is C30H31N3O4S. The first-order valence-corrected chi connectivity index (χ1v) is 13.5. The van der Waals surface area contributed by atoms with Crippen molar-refractivity contribution in [3.63, 3.8) is 0 Å². The number of hydrogen-bond acceptors (Lipinski definition) is 5. The summed E-state index contributed by atoms with van der Waals surface area (Å²) in [6.45, 7) is 5.03. The standard InChI is InChI=1S/C30H31N3O4S/c1-21-5-9-23(10-6-21)31-30(35)32(18-25-4-3-16-36-25)19-29(34)33-15-13-28-26(14-17-38-28)27(33)20-37-24-11-7-22(2)8-12-24/h3-12,14,16-17,27H,13,15,18-20H2,1-2H3,(H,31,35)/t27-/m1/s1. The Balaban J connectivity index is 1.33. The third-order valence-electron chi connectivity index (χ3n) is 6.69. The Bertz CT molecular complexity index is 1360. The van der Waals surface area contributed by atoms with Gasteiger partial charge in [-0.25, -0.2) is 4.79 Å². The van der Waals surface area contributed by atoms with Crippen LogP contribution in [0.4, 0.5) is 10.5 Å². The predicted octanol–water partition coefficient (Wildman–Crippen LogP) is 6.20. The number of fused-ring (bicyclic) bond motifs is 1. The average molecular weight is 530 g/mol. The number of thiophene rings is 1. The van der Waals surface area contributed by atoms with Gasteiger partial charge in [0.2, 0.25) is 5.91 Å². The minimum Gasteiger partial charge on any atom is -0.491 e. The number of aryl methyl sites for hydroxylation is 2. The summed E-state index contributed by atoms with van der Waals surface area (Å²) in [5.41, 5.74) is 4.04. The van der Waals surface area contributed by atoms with Crippen molar-refractivity contribution in [2.75, 3.05) is 25.0 Å². The molecule has 0 unspecified atom stereocenters. The van der Waals surface area contributed by atoms with Crippen molar-refractivity contribution in [3.05, 3.63) is 106 Å². The lowest BCUT2D eigenvalue weighted by atomic mass is 10.0. The quantitative estimate of drug-likeness (QED) is 0.295. The fraction of sp³-hybridized carbons (Fsp3) is 0.267. The number of urea groups is 1. The molecule has 8 heteroatoms. The lowest BCUT2D eigenvalue weighted by molar-refractivity contribution is -0.135. The summed E-state index contributed by atoms with van der Waals surface area (Å²) in [4.78, 5) is 31.7. The zero-order valence-electron chi connectivity index (χ0n) is 21.6. The van der Waals surface area contributed by atoms with Crippen LogP contribution >= 0.6 is 11.3 Å². The molecule has 1 aliphatic rings. The molecule has 1 N–H and O–H groups in total. The monoisotopic (exact) mass is 529 g/mol. The highest BCUT2D eigenvalue weighted by Gasteiger charge is 2.33. The van der Waals surface area contributed by atoms with Crippen molar-refractivity contribution >= 4 is 29.0 Å². The highest BCUT2D eigenvalue weighted by atomic mass is 32.1. The molecule has 3 amide bonds. The second-order valence-corrected chi connectivity index (χ2v) is 10.5. The van der Waals surface area contributed by atoms with Crippen LogP contribution in [0.3, 0.4) is 0 Å². The summed E-state index contributed by atoms with van der Waals surface area (Å²) in [5, 5.41) is 4.98. The maximum atomic E-state index is 13.8. The molecule has 3 heterocycles. The Morgan fingerprint density at radius 3 is 2.50 bits per heavy atom. The third-order valence-corrected chi connectivity index (χ3v) is 7.68. The lowest BCUT2D eigenvalue weighted by Gasteiger charge is -2.37. The van der Waals surface area contributed by atoms with E-state index >= 15 is 0 Å². The highest BCUT2D eigenvalue weighted by Crippen LogP contribution is 2.34. The maximum Gasteiger partial charge on any atom is 0.322 e. The van der Waals surface area contributed by atoms with Gasteiger partial charge in [0.15, 0.2) is 0 Å². The summed E-state index contributed by atoms with van der Waals surface area (Å²) in [6, 6.07) is 20.5. The fourth-order valence-corrected chi connectivity index (χ4v) is 5.50. The molecule has 0 fully saturated rings. The van der Waals surface area contributed by atoms with E-state index in [1.807, 2.05) is 67.3 Å². The van der Waals surface area contributed by atoms with E-state index in [1.165, 1.54) is 9.78 Å². The van der Waals surface area contributed by atoms with Crippen LogP contribution in [-0.4, -0.2) is 41.4 Å². The van der Waals surface area contributed by atoms with Crippen LogP contribution in [0.2, 0.25) is 0 Å². The summed E-state index contributed by atoms with van der Waals surface area (Å²) in [5.74, 6) is 1.24. The van der Waals surface area contributed by atoms with E-state index in [0.29, 0.717) is 24.6 Å². The first-order valence-electron chi connectivity index (χ1n) is 12.7. The molecule has 4 aromatic rings. The van der Waals surface area contributed by atoms with Gasteiger partial charge in [-0.1, -0.05) is 35.4 Å². The minimum absolute atomic E-state index is 0.0844.